The van der Waals surface area contributed by atoms with Crippen LogP contribution in [0, 0.1) is 11.7 Å². The molecule has 1 nitrogen and oxygen atoms in total. The van der Waals surface area contributed by atoms with E-state index in [1.165, 1.54) is 6.07 Å². The van der Waals surface area contributed by atoms with Crippen molar-refractivity contribution in [1.29, 1.82) is 0 Å². The first-order valence-electron chi connectivity index (χ1n) is 5.28. The lowest BCUT2D eigenvalue weighted by Gasteiger charge is -2.11. The van der Waals surface area contributed by atoms with Crippen molar-refractivity contribution >= 4 is 11.6 Å². The van der Waals surface area contributed by atoms with Crippen LogP contribution in [-0.2, 0) is 6.42 Å². The summed E-state index contributed by atoms with van der Waals surface area (Å²) in [7, 11) is 0. The van der Waals surface area contributed by atoms with Crippen LogP contribution in [0.25, 0.3) is 0 Å². The Kier molecular flexibility index (Phi) is 5.06. The standard InChI is InChI=1S/C12H17ClFN/c1-3-15-8-9(2)6-10-4-5-11(13)12(14)7-10/h4-5,7,9,15H,3,6,8H2,1-2H3. The van der Waals surface area contributed by atoms with Crippen molar-refractivity contribution in [2.24, 2.45) is 5.92 Å². The van der Waals surface area contributed by atoms with Gasteiger partial charge in [0.25, 0.3) is 0 Å². The normalized spacial score (nSPS) is 12.8. The monoisotopic (exact) mass is 229 g/mol. The third-order valence-electron chi connectivity index (χ3n) is 2.31. The Morgan fingerprint density at radius 3 is 2.80 bits per heavy atom. The number of rotatable bonds is 5. The number of hydrogen-bond donors (Lipinski definition) is 1. The van der Waals surface area contributed by atoms with Gasteiger partial charge in [0.15, 0.2) is 0 Å². The van der Waals surface area contributed by atoms with Crippen molar-refractivity contribution in [2.75, 3.05) is 13.1 Å². The molecule has 0 saturated carbocycles. The average Bonchev–Trinajstić information content (AvgIpc) is 2.20. The van der Waals surface area contributed by atoms with E-state index in [1.54, 1.807) is 6.07 Å². The van der Waals surface area contributed by atoms with Crippen molar-refractivity contribution in [2.45, 2.75) is 20.3 Å². The second kappa shape index (κ2) is 6.09. The molecule has 0 aliphatic carbocycles. The Morgan fingerprint density at radius 1 is 1.47 bits per heavy atom. The molecule has 0 aliphatic rings. The minimum absolute atomic E-state index is 0.193. The van der Waals surface area contributed by atoms with Gasteiger partial charge in [0.2, 0.25) is 0 Å². The van der Waals surface area contributed by atoms with Crippen molar-refractivity contribution in [3.8, 4) is 0 Å². The summed E-state index contributed by atoms with van der Waals surface area (Å²) in [6.07, 6.45) is 0.876. The topological polar surface area (TPSA) is 12.0 Å². The molecular formula is C12H17ClFN. The van der Waals surface area contributed by atoms with Gasteiger partial charge in [-0.3, -0.25) is 0 Å². The van der Waals surface area contributed by atoms with Crippen LogP contribution in [0.4, 0.5) is 4.39 Å². The van der Waals surface area contributed by atoms with Gasteiger partial charge >= 0.3 is 0 Å². The fraction of sp³-hybridized carbons (Fsp3) is 0.500. The Labute approximate surface area is 95.6 Å². The van der Waals surface area contributed by atoms with Crippen LogP contribution in [-0.4, -0.2) is 13.1 Å². The summed E-state index contributed by atoms with van der Waals surface area (Å²) in [5, 5.41) is 3.47. The number of nitrogens with one attached hydrogen (secondary N) is 1. The minimum atomic E-state index is -0.329. The summed E-state index contributed by atoms with van der Waals surface area (Å²) in [5.74, 6) is 0.176. The number of hydrogen-bond acceptors (Lipinski definition) is 1. The molecule has 1 aromatic carbocycles. The Morgan fingerprint density at radius 2 is 2.20 bits per heavy atom. The molecule has 1 rings (SSSR count). The van der Waals surface area contributed by atoms with Gasteiger partial charge in [-0.15, -0.1) is 0 Å². The van der Waals surface area contributed by atoms with E-state index in [0.29, 0.717) is 5.92 Å². The molecule has 1 N–H and O–H groups in total. The highest BCUT2D eigenvalue weighted by Crippen LogP contribution is 2.17. The van der Waals surface area contributed by atoms with Crippen LogP contribution in [0.3, 0.4) is 0 Å². The zero-order chi connectivity index (χ0) is 11.3. The molecule has 0 spiro atoms. The van der Waals surface area contributed by atoms with Gasteiger partial charge < -0.3 is 5.32 Å². The van der Waals surface area contributed by atoms with Gasteiger partial charge in [-0.1, -0.05) is 31.5 Å². The molecule has 1 aromatic rings. The molecule has 1 unspecified atom stereocenters. The molecule has 0 fully saturated rings. The van der Waals surface area contributed by atoms with E-state index in [2.05, 4.69) is 19.2 Å². The first-order chi connectivity index (χ1) is 7.13. The van der Waals surface area contributed by atoms with Crippen molar-refractivity contribution < 1.29 is 4.39 Å². The summed E-state index contributed by atoms with van der Waals surface area (Å²) in [6.45, 7) is 6.16. The van der Waals surface area contributed by atoms with E-state index in [9.17, 15) is 4.39 Å². The number of benzene rings is 1. The highest BCUT2D eigenvalue weighted by molar-refractivity contribution is 6.30. The Balaban J connectivity index is 2.53. The van der Waals surface area contributed by atoms with E-state index in [0.717, 1.165) is 25.1 Å². The molecule has 0 aliphatic heterocycles. The Bertz CT molecular complexity index is 314. The van der Waals surface area contributed by atoms with Gasteiger partial charge in [0.05, 0.1) is 5.02 Å². The lowest BCUT2D eigenvalue weighted by molar-refractivity contribution is 0.519. The maximum atomic E-state index is 13.1. The van der Waals surface area contributed by atoms with Crippen molar-refractivity contribution in [1.82, 2.24) is 5.32 Å². The van der Waals surface area contributed by atoms with E-state index in [4.69, 9.17) is 11.6 Å². The molecule has 0 aromatic heterocycles. The first-order valence-corrected chi connectivity index (χ1v) is 5.66. The van der Waals surface area contributed by atoms with Crippen molar-refractivity contribution in [3.05, 3.63) is 34.6 Å². The SMILES string of the molecule is CCNCC(C)Cc1ccc(Cl)c(F)c1. The van der Waals surface area contributed by atoms with Crippen LogP contribution in [0.5, 0.6) is 0 Å². The molecule has 3 heteroatoms. The van der Waals surface area contributed by atoms with Crippen LogP contribution in [0.15, 0.2) is 18.2 Å². The van der Waals surface area contributed by atoms with Crippen LogP contribution < -0.4 is 5.32 Å². The zero-order valence-electron chi connectivity index (χ0n) is 9.19. The summed E-state index contributed by atoms with van der Waals surface area (Å²) in [6, 6.07) is 5.02. The summed E-state index contributed by atoms with van der Waals surface area (Å²) in [4.78, 5) is 0. The van der Waals surface area contributed by atoms with Crippen molar-refractivity contribution in [3.63, 3.8) is 0 Å². The molecule has 1 atom stereocenters. The number of halogens is 2. The van der Waals surface area contributed by atoms with Gasteiger partial charge in [0.1, 0.15) is 5.82 Å². The predicted molar refractivity (Wildman–Crippen MR) is 62.8 cm³/mol. The first kappa shape index (κ1) is 12.5. The molecule has 0 amide bonds. The molecule has 0 heterocycles. The lowest BCUT2D eigenvalue weighted by Crippen LogP contribution is -2.21. The molecule has 0 bridgehead atoms. The van der Waals surface area contributed by atoms with Gasteiger partial charge in [-0.05, 0) is 43.1 Å². The predicted octanol–water partition coefficient (Wildman–Crippen LogP) is 3.27. The summed E-state index contributed by atoms with van der Waals surface area (Å²) in [5.41, 5.74) is 1.00. The zero-order valence-corrected chi connectivity index (χ0v) is 9.94. The highest BCUT2D eigenvalue weighted by atomic mass is 35.5. The largest absolute Gasteiger partial charge is 0.317 e. The van der Waals surface area contributed by atoms with Crippen LogP contribution in [0.2, 0.25) is 5.02 Å². The van der Waals surface area contributed by atoms with Gasteiger partial charge in [-0.25, -0.2) is 4.39 Å². The maximum Gasteiger partial charge on any atom is 0.142 e. The van der Waals surface area contributed by atoms with Crippen LogP contribution >= 0.6 is 11.6 Å². The summed E-state index contributed by atoms with van der Waals surface area (Å²) >= 11 is 5.61. The second-order valence-corrected chi connectivity index (χ2v) is 4.27. The maximum absolute atomic E-state index is 13.1. The van der Waals surface area contributed by atoms with E-state index < -0.39 is 0 Å². The molecular weight excluding hydrogens is 213 g/mol. The average molecular weight is 230 g/mol. The van der Waals surface area contributed by atoms with Crippen LogP contribution in [0.1, 0.15) is 19.4 Å². The van der Waals surface area contributed by atoms with E-state index >= 15 is 0 Å². The van der Waals surface area contributed by atoms with E-state index in [-0.39, 0.29) is 10.8 Å². The van der Waals surface area contributed by atoms with E-state index in [1.807, 2.05) is 6.07 Å². The van der Waals surface area contributed by atoms with Gasteiger partial charge in [0, 0.05) is 0 Å². The molecule has 15 heavy (non-hydrogen) atoms. The molecule has 0 radical (unpaired) electrons. The Hall–Kier alpha value is -0.600. The smallest absolute Gasteiger partial charge is 0.142 e. The highest BCUT2D eigenvalue weighted by Gasteiger charge is 2.05. The lowest BCUT2D eigenvalue weighted by atomic mass is 10.0. The molecule has 0 saturated heterocycles. The fourth-order valence-electron chi connectivity index (χ4n) is 1.53. The fourth-order valence-corrected chi connectivity index (χ4v) is 1.65. The third kappa shape index (κ3) is 4.18. The third-order valence-corrected chi connectivity index (χ3v) is 2.62. The minimum Gasteiger partial charge on any atom is -0.317 e. The van der Waals surface area contributed by atoms with Gasteiger partial charge in [-0.2, -0.15) is 0 Å². The molecule has 84 valence electrons. The summed E-state index contributed by atoms with van der Waals surface area (Å²) < 4.78 is 13.1. The second-order valence-electron chi connectivity index (χ2n) is 3.87. The quantitative estimate of drug-likeness (QED) is 0.817.